The number of nitrogens with one attached hydrogen (secondary N) is 2. The van der Waals surface area contributed by atoms with E-state index in [1.54, 1.807) is 54.6 Å². The minimum Gasteiger partial charge on any atom is -0.497 e. The van der Waals surface area contributed by atoms with Crippen molar-refractivity contribution >= 4 is 23.7 Å². The molecule has 2 rings (SSSR count). The summed E-state index contributed by atoms with van der Waals surface area (Å²) in [6, 6.07) is 13.8. The molecule has 0 fully saturated rings. The molecule has 26 heavy (non-hydrogen) atoms. The van der Waals surface area contributed by atoms with Crippen molar-refractivity contribution in [2.24, 2.45) is 5.10 Å². The van der Waals surface area contributed by atoms with Crippen molar-refractivity contribution in [2.75, 3.05) is 19.0 Å². The summed E-state index contributed by atoms with van der Waals surface area (Å²) in [6.45, 7) is 3.97. The first-order valence-electron chi connectivity index (χ1n) is 7.74. The minimum atomic E-state index is -0.886. The zero-order valence-electron chi connectivity index (χ0n) is 14.3. The third-order valence-electron chi connectivity index (χ3n) is 3.14. The van der Waals surface area contributed by atoms with Crippen LogP contribution in [0, 0.1) is 0 Å². The smallest absolute Gasteiger partial charge is 0.329 e. The summed E-state index contributed by atoms with van der Waals surface area (Å²) >= 11 is 0. The molecule has 2 aromatic rings. The highest BCUT2D eigenvalue weighted by molar-refractivity contribution is 6.39. The molecule has 2 aromatic carbocycles. The van der Waals surface area contributed by atoms with E-state index >= 15 is 0 Å². The Balaban J connectivity index is 1.89. The number of benzene rings is 2. The zero-order chi connectivity index (χ0) is 18.8. The first-order chi connectivity index (χ1) is 12.6. The van der Waals surface area contributed by atoms with Crippen LogP contribution < -0.4 is 20.2 Å². The van der Waals surface area contributed by atoms with Gasteiger partial charge in [-0.1, -0.05) is 30.9 Å². The summed E-state index contributed by atoms with van der Waals surface area (Å²) in [5, 5.41) is 6.24. The number of hydrazone groups is 1. The Labute approximate surface area is 151 Å². The molecule has 0 radical (unpaired) electrons. The molecule has 2 amide bonds. The quantitative estimate of drug-likeness (QED) is 0.346. The highest BCUT2D eigenvalue weighted by Crippen LogP contribution is 2.16. The molecule has 0 saturated heterocycles. The predicted molar refractivity (Wildman–Crippen MR) is 99.5 cm³/mol. The average Bonchev–Trinajstić information content (AvgIpc) is 2.66. The molecule has 0 aliphatic rings. The number of rotatable bonds is 7. The lowest BCUT2D eigenvalue weighted by Crippen LogP contribution is -2.32. The fourth-order valence-corrected chi connectivity index (χ4v) is 1.94. The molecule has 0 aromatic heterocycles. The van der Waals surface area contributed by atoms with E-state index in [4.69, 9.17) is 9.47 Å². The normalized spacial score (nSPS) is 10.2. The Bertz CT molecular complexity index is 818. The van der Waals surface area contributed by atoms with E-state index < -0.39 is 11.8 Å². The second-order valence-corrected chi connectivity index (χ2v) is 5.06. The van der Waals surface area contributed by atoms with Crippen LogP contribution in [-0.2, 0) is 9.59 Å². The van der Waals surface area contributed by atoms with Crippen molar-refractivity contribution < 1.29 is 19.1 Å². The maximum Gasteiger partial charge on any atom is 0.329 e. The Morgan fingerprint density at radius 2 is 1.88 bits per heavy atom. The lowest BCUT2D eigenvalue weighted by atomic mass is 10.2. The number of carbonyl (C=O) groups excluding carboxylic acids is 2. The van der Waals surface area contributed by atoms with Crippen LogP contribution >= 0.6 is 0 Å². The van der Waals surface area contributed by atoms with E-state index in [1.165, 1.54) is 13.3 Å². The van der Waals surface area contributed by atoms with E-state index in [2.05, 4.69) is 22.4 Å². The van der Waals surface area contributed by atoms with Crippen LogP contribution in [0.5, 0.6) is 11.5 Å². The lowest BCUT2D eigenvalue weighted by molar-refractivity contribution is -0.136. The highest BCUT2D eigenvalue weighted by atomic mass is 16.5. The van der Waals surface area contributed by atoms with E-state index in [9.17, 15) is 9.59 Å². The zero-order valence-corrected chi connectivity index (χ0v) is 14.3. The standard InChI is InChI=1S/C19H19N3O4/c1-3-10-26-17-9-4-6-14(11-17)13-20-22-19(24)18(23)21-15-7-5-8-16(12-15)25-2/h3-9,11-13H,1,10H2,2H3,(H,21,23)(H,22,24)/b20-13-. The molecule has 2 N–H and O–H groups in total. The number of amides is 2. The van der Waals surface area contributed by atoms with Gasteiger partial charge in [-0.05, 0) is 29.8 Å². The summed E-state index contributed by atoms with van der Waals surface area (Å²) < 4.78 is 10.5. The van der Waals surface area contributed by atoms with Gasteiger partial charge < -0.3 is 14.8 Å². The summed E-state index contributed by atoms with van der Waals surface area (Å²) in [5.41, 5.74) is 3.33. The van der Waals surface area contributed by atoms with Gasteiger partial charge in [0, 0.05) is 11.8 Å². The molecule has 0 aliphatic carbocycles. The van der Waals surface area contributed by atoms with Gasteiger partial charge in [0.25, 0.3) is 0 Å². The van der Waals surface area contributed by atoms with Crippen LogP contribution in [0.4, 0.5) is 5.69 Å². The summed E-state index contributed by atoms with van der Waals surface area (Å²) in [4.78, 5) is 23.7. The van der Waals surface area contributed by atoms with Gasteiger partial charge in [0.05, 0.1) is 13.3 Å². The minimum absolute atomic E-state index is 0.391. The number of hydrogen-bond donors (Lipinski definition) is 2. The van der Waals surface area contributed by atoms with Crippen molar-refractivity contribution in [3.05, 3.63) is 66.7 Å². The lowest BCUT2D eigenvalue weighted by Gasteiger charge is -2.06. The van der Waals surface area contributed by atoms with Crippen molar-refractivity contribution in [2.45, 2.75) is 0 Å². The number of carbonyl (C=O) groups is 2. The molecular formula is C19H19N3O4. The molecule has 0 heterocycles. The first-order valence-corrected chi connectivity index (χ1v) is 7.74. The number of methoxy groups -OCH3 is 1. The van der Waals surface area contributed by atoms with Crippen LogP contribution in [0.15, 0.2) is 66.3 Å². The van der Waals surface area contributed by atoms with Crippen molar-refractivity contribution in [3.63, 3.8) is 0 Å². The Kier molecular flexibility index (Phi) is 6.93. The van der Waals surface area contributed by atoms with Gasteiger partial charge in [0.1, 0.15) is 18.1 Å². The van der Waals surface area contributed by atoms with Crippen LogP contribution in [0.2, 0.25) is 0 Å². The fourth-order valence-electron chi connectivity index (χ4n) is 1.94. The van der Waals surface area contributed by atoms with Gasteiger partial charge in [-0.2, -0.15) is 5.10 Å². The number of hydrogen-bond acceptors (Lipinski definition) is 5. The summed E-state index contributed by atoms with van der Waals surface area (Å²) in [5.74, 6) is -0.502. The Morgan fingerprint density at radius 3 is 2.65 bits per heavy atom. The monoisotopic (exact) mass is 353 g/mol. The largest absolute Gasteiger partial charge is 0.497 e. The van der Waals surface area contributed by atoms with Gasteiger partial charge >= 0.3 is 11.8 Å². The SMILES string of the molecule is C=CCOc1cccc(/C=N\NC(=O)C(=O)Nc2cccc(OC)c2)c1. The first kappa shape index (κ1) is 18.7. The molecule has 0 unspecified atom stereocenters. The second-order valence-electron chi connectivity index (χ2n) is 5.06. The molecule has 0 spiro atoms. The predicted octanol–water partition coefficient (Wildman–Crippen LogP) is 2.35. The van der Waals surface area contributed by atoms with Crippen LogP contribution in [0.3, 0.4) is 0 Å². The maximum atomic E-state index is 11.9. The molecule has 0 bridgehead atoms. The topological polar surface area (TPSA) is 89.0 Å². The Morgan fingerprint density at radius 1 is 1.12 bits per heavy atom. The molecule has 0 atom stereocenters. The third-order valence-corrected chi connectivity index (χ3v) is 3.14. The third kappa shape index (κ3) is 5.79. The second kappa shape index (κ2) is 9.63. The highest BCUT2D eigenvalue weighted by Gasteiger charge is 2.13. The van der Waals surface area contributed by atoms with Crippen molar-refractivity contribution in [1.82, 2.24) is 5.43 Å². The average molecular weight is 353 g/mol. The van der Waals surface area contributed by atoms with Crippen molar-refractivity contribution in [3.8, 4) is 11.5 Å². The van der Waals surface area contributed by atoms with Crippen LogP contribution in [-0.4, -0.2) is 31.7 Å². The van der Waals surface area contributed by atoms with Gasteiger partial charge in [-0.15, -0.1) is 0 Å². The van der Waals surface area contributed by atoms with E-state index in [-0.39, 0.29) is 0 Å². The van der Waals surface area contributed by atoms with E-state index in [0.717, 1.165) is 0 Å². The van der Waals surface area contributed by atoms with Gasteiger partial charge in [-0.3, -0.25) is 9.59 Å². The van der Waals surface area contributed by atoms with Gasteiger partial charge in [-0.25, -0.2) is 5.43 Å². The molecule has 134 valence electrons. The maximum absolute atomic E-state index is 11.9. The molecule has 0 aliphatic heterocycles. The molecular weight excluding hydrogens is 334 g/mol. The van der Waals surface area contributed by atoms with E-state index in [0.29, 0.717) is 29.4 Å². The van der Waals surface area contributed by atoms with Gasteiger partial charge in [0.15, 0.2) is 0 Å². The van der Waals surface area contributed by atoms with Crippen LogP contribution in [0.1, 0.15) is 5.56 Å². The van der Waals surface area contributed by atoms with Gasteiger partial charge in [0.2, 0.25) is 0 Å². The van der Waals surface area contributed by atoms with Crippen molar-refractivity contribution in [1.29, 1.82) is 0 Å². The van der Waals surface area contributed by atoms with E-state index in [1.807, 2.05) is 0 Å². The fraction of sp³-hybridized carbons (Fsp3) is 0.105. The molecule has 7 nitrogen and oxygen atoms in total. The van der Waals surface area contributed by atoms with Crippen LogP contribution in [0.25, 0.3) is 0 Å². The summed E-state index contributed by atoms with van der Waals surface area (Å²) in [7, 11) is 1.51. The number of ether oxygens (including phenoxy) is 2. The number of nitrogens with zero attached hydrogens (tertiary/aromatic N) is 1. The molecule has 7 heteroatoms. The summed E-state index contributed by atoms with van der Waals surface area (Å²) in [6.07, 6.45) is 3.05. The Hall–Kier alpha value is -3.61. The molecule has 0 saturated carbocycles. The number of anilines is 1.